The third-order valence-corrected chi connectivity index (χ3v) is 3.82. The van der Waals surface area contributed by atoms with Crippen LogP contribution in [0.1, 0.15) is 33.1 Å². The molecule has 0 aromatic heterocycles. The van der Waals surface area contributed by atoms with Gasteiger partial charge in [0.05, 0.1) is 13.2 Å². The maximum absolute atomic E-state index is 5.55. The van der Waals surface area contributed by atoms with E-state index in [1.165, 1.54) is 13.0 Å². The zero-order valence-electron chi connectivity index (χ0n) is 9.95. The van der Waals surface area contributed by atoms with Crippen molar-refractivity contribution >= 4 is 0 Å². The average molecular weight is 213 g/mol. The molecule has 3 nitrogen and oxygen atoms in total. The molecular weight excluding hydrogens is 190 g/mol. The van der Waals surface area contributed by atoms with Crippen molar-refractivity contribution in [1.82, 2.24) is 4.90 Å². The number of hydrogen-bond acceptors (Lipinski definition) is 3. The van der Waals surface area contributed by atoms with Gasteiger partial charge in [-0.25, -0.2) is 0 Å². The minimum Gasteiger partial charge on any atom is -0.353 e. The number of likely N-dealkylation sites (tertiary alicyclic amines) is 1. The number of ether oxygens (including phenoxy) is 2. The third kappa shape index (κ3) is 2.92. The summed E-state index contributed by atoms with van der Waals surface area (Å²) in [5.41, 5.74) is 0. The summed E-state index contributed by atoms with van der Waals surface area (Å²) in [5.74, 6) is 0.846. The zero-order chi connectivity index (χ0) is 10.7. The summed E-state index contributed by atoms with van der Waals surface area (Å²) < 4.78 is 11.1. The highest BCUT2D eigenvalue weighted by Gasteiger charge is 2.27. The quantitative estimate of drug-likeness (QED) is 0.714. The largest absolute Gasteiger partial charge is 0.353 e. The van der Waals surface area contributed by atoms with Crippen molar-refractivity contribution in [2.75, 3.05) is 26.3 Å². The monoisotopic (exact) mass is 213 g/mol. The molecule has 0 amide bonds. The highest BCUT2D eigenvalue weighted by Crippen LogP contribution is 2.23. The molecule has 88 valence electrons. The Bertz CT molecular complexity index is 192. The normalized spacial score (nSPS) is 34.8. The highest BCUT2D eigenvalue weighted by molar-refractivity contribution is 4.81. The fourth-order valence-electron chi connectivity index (χ4n) is 2.46. The summed E-state index contributed by atoms with van der Waals surface area (Å²) in [7, 11) is 0. The van der Waals surface area contributed by atoms with Crippen LogP contribution in [-0.2, 0) is 9.47 Å². The number of hydrogen-bond donors (Lipinski definition) is 0. The van der Waals surface area contributed by atoms with E-state index in [1.54, 1.807) is 0 Å². The van der Waals surface area contributed by atoms with E-state index in [1.807, 2.05) is 0 Å². The molecule has 0 spiro atoms. The van der Waals surface area contributed by atoms with Gasteiger partial charge in [0.15, 0.2) is 6.29 Å². The Labute approximate surface area is 92.7 Å². The van der Waals surface area contributed by atoms with Crippen LogP contribution in [0.15, 0.2) is 0 Å². The third-order valence-electron chi connectivity index (χ3n) is 3.82. The average Bonchev–Trinajstić information content (AvgIpc) is 2.59. The molecule has 0 aromatic carbocycles. The van der Waals surface area contributed by atoms with Crippen molar-refractivity contribution in [3.63, 3.8) is 0 Å². The smallest absolute Gasteiger partial charge is 0.158 e. The molecule has 2 fully saturated rings. The van der Waals surface area contributed by atoms with E-state index >= 15 is 0 Å². The van der Waals surface area contributed by atoms with Gasteiger partial charge in [-0.3, -0.25) is 0 Å². The van der Waals surface area contributed by atoms with Gasteiger partial charge in [-0.05, 0) is 32.2 Å². The first-order valence-electron chi connectivity index (χ1n) is 6.24. The molecule has 0 N–H and O–H groups in total. The van der Waals surface area contributed by atoms with Crippen molar-refractivity contribution in [3.8, 4) is 0 Å². The van der Waals surface area contributed by atoms with Crippen molar-refractivity contribution in [2.24, 2.45) is 5.92 Å². The van der Waals surface area contributed by atoms with Gasteiger partial charge in [0.25, 0.3) is 0 Å². The molecule has 2 unspecified atom stereocenters. The molecule has 0 saturated carbocycles. The molecule has 2 heterocycles. The van der Waals surface area contributed by atoms with Crippen LogP contribution in [0.3, 0.4) is 0 Å². The van der Waals surface area contributed by atoms with E-state index in [0.29, 0.717) is 0 Å². The fourth-order valence-corrected chi connectivity index (χ4v) is 2.46. The molecule has 2 rings (SSSR count). The lowest BCUT2D eigenvalue weighted by Gasteiger charge is -2.27. The van der Waals surface area contributed by atoms with E-state index in [4.69, 9.17) is 9.47 Å². The van der Waals surface area contributed by atoms with Gasteiger partial charge in [-0.15, -0.1) is 0 Å². The molecule has 3 heteroatoms. The molecule has 2 saturated heterocycles. The van der Waals surface area contributed by atoms with E-state index < -0.39 is 0 Å². The van der Waals surface area contributed by atoms with Crippen LogP contribution in [0.5, 0.6) is 0 Å². The molecule has 0 aromatic rings. The lowest BCUT2D eigenvalue weighted by molar-refractivity contribution is -0.182. The van der Waals surface area contributed by atoms with Gasteiger partial charge in [-0.2, -0.15) is 0 Å². The Morgan fingerprint density at radius 2 is 1.93 bits per heavy atom. The molecule has 0 bridgehead atoms. The van der Waals surface area contributed by atoms with Gasteiger partial charge in [0.2, 0.25) is 0 Å². The molecule has 0 aliphatic carbocycles. The lowest BCUT2D eigenvalue weighted by Crippen LogP contribution is -2.34. The second-order valence-corrected chi connectivity index (χ2v) is 4.86. The van der Waals surface area contributed by atoms with Crippen LogP contribution >= 0.6 is 0 Å². The number of rotatable bonds is 3. The van der Waals surface area contributed by atoms with Crippen LogP contribution in [-0.4, -0.2) is 43.5 Å². The Hall–Kier alpha value is -0.120. The first-order valence-corrected chi connectivity index (χ1v) is 6.24. The van der Waals surface area contributed by atoms with Crippen molar-refractivity contribution in [1.29, 1.82) is 0 Å². The maximum atomic E-state index is 5.55. The van der Waals surface area contributed by atoms with E-state index in [-0.39, 0.29) is 6.29 Å². The number of nitrogens with zero attached hydrogens (tertiary/aromatic N) is 1. The zero-order valence-corrected chi connectivity index (χ0v) is 9.95. The maximum Gasteiger partial charge on any atom is 0.158 e. The highest BCUT2D eigenvalue weighted by atomic mass is 16.7. The van der Waals surface area contributed by atoms with Crippen LogP contribution in [0, 0.1) is 5.92 Å². The topological polar surface area (TPSA) is 21.7 Å². The molecular formula is C12H23NO2. The van der Waals surface area contributed by atoms with Crippen LogP contribution in [0.4, 0.5) is 0 Å². The van der Waals surface area contributed by atoms with E-state index in [2.05, 4.69) is 18.7 Å². The van der Waals surface area contributed by atoms with Gasteiger partial charge in [0, 0.05) is 19.0 Å². The molecule has 2 atom stereocenters. The molecule has 15 heavy (non-hydrogen) atoms. The van der Waals surface area contributed by atoms with Crippen LogP contribution in [0.25, 0.3) is 0 Å². The summed E-state index contributed by atoms with van der Waals surface area (Å²) in [6, 6.07) is 0.730. The fraction of sp³-hybridized carbons (Fsp3) is 1.00. The van der Waals surface area contributed by atoms with Gasteiger partial charge < -0.3 is 14.4 Å². The van der Waals surface area contributed by atoms with Gasteiger partial charge >= 0.3 is 0 Å². The predicted octanol–water partition coefficient (Wildman–Crippen LogP) is 1.87. The van der Waals surface area contributed by atoms with Gasteiger partial charge in [0.1, 0.15) is 0 Å². The lowest BCUT2D eigenvalue weighted by atomic mass is 10.1. The second-order valence-electron chi connectivity index (χ2n) is 4.86. The summed E-state index contributed by atoms with van der Waals surface area (Å²) in [4.78, 5) is 2.56. The SMILES string of the molecule is CC1CCN(CCC2OCCCO2)C1C. The second kappa shape index (κ2) is 5.28. The first-order chi connectivity index (χ1) is 7.27. The summed E-state index contributed by atoms with van der Waals surface area (Å²) in [6.45, 7) is 8.79. The van der Waals surface area contributed by atoms with Crippen LogP contribution in [0.2, 0.25) is 0 Å². The van der Waals surface area contributed by atoms with Crippen molar-refractivity contribution < 1.29 is 9.47 Å². The Morgan fingerprint density at radius 1 is 1.20 bits per heavy atom. The van der Waals surface area contributed by atoms with Gasteiger partial charge in [-0.1, -0.05) is 6.92 Å². The van der Waals surface area contributed by atoms with Crippen molar-refractivity contribution in [3.05, 3.63) is 0 Å². The Morgan fingerprint density at radius 3 is 2.53 bits per heavy atom. The van der Waals surface area contributed by atoms with Crippen molar-refractivity contribution in [2.45, 2.75) is 45.4 Å². The minimum atomic E-state index is 0.0573. The summed E-state index contributed by atoms with van der Waals surface area (Å²) >= 11 is 0. The first kappa shape index (κ1) is 11.4. The predicted molar refractivity (Wildman–Crippen MR) is 59.7 cm³/mol. The standard InChI is InChI=1S/C12H23NO2/c1-10-4-6-13(11(10)2)7-5-12-14-8-3-9-15-12/h10-12H,3-9H2,1-2H3. The van der Waals surface area contributed by atoms with E-state index in [9.17, 15) is 0 Å². The van der Waals surface area contributed by atoms with E-state index in [0.717, 1.165) is 44.6 Å². The molecule has 0 radical (unpaired) electrons. The Balaban J connectivity index is 1.68. The minimum absolute atomic E-state index is 0.0573. The molecule has 2 aliphatic rings. The Kier molecular flexibility index (Phi) is 4.00. The summed E-state index contributed by atoms with van der Waals surface area (Å²) in [5, 5.41) is 0. The van der Waals surface area contributed by atoms with Crippen LogP contribution < -0.4 is 0 Å². The molecule has 2 aliphatic heterocycles. The summed E-state index contributed by atoms with van der Waals surface area (Å²) in [6.07, 6.45) is 3.47.